The van der Waals surface area contributed by atoms with E-state index in [1.54, 1.807) is 0 Å². The van der Waals surface area contributed by atoms with E-state index in [9.17, 15) is 18.0 Å². The molecule has 0 unspecified atom stereocenters. The molecule has 0 saturated heterocycles. The minimum atomic E-state index is -4.83. The molecule has 1 aliphatic carbocycles. The number of alkyl halides is 3. The van der Waals surface area contributed by atoms with Crippen LogP contribution in [0.2, 0.25) is 0 Å². The maximum absolute atomic E-state index is 12.6. The lowest BCUT2D eigenvalue weighted by atomic mass is 9.57. The highest BCUT2D eigenvalue weighted by molar-refractivity contribution is 5.82. The Labute approximate surface area is 135 Å². The summed E-state index contributed by atoms with van der Waals surface area (Å²) in [7, 11) is 0. The van der Waals surface area contributed by atoms with Crippen LogP contribution >= 0.6 is 0 Å². The van der Waals surface area contributed by atoms with Crippen LogP contribution in [-0.4, -0.2) is 42.7 Å². The van der Waals surface area contributed by atoms with Gasteiger partial charge in [0.25, 0.3) is 0 Å². The molecular formula is C17H25F3N2O. The minimum absolute atomic E-state index is 0.0653. The number of fused-ring (bicyclic) bond motifs is 1. The Morgan fingerprint density at radius 2 is 2.13 bits per heavy atom. The third-order valence-electron chi connectivity index (χ3n) is 5.28. The van der Waals surface area contributed by atoms with Crippen molar-refractivity contribution < 1.29 is 18.0 Å². The summed E-state index contributed by atoms with van der Waals surface area (Å²) >= 11 is 0. The third-order valence-corrected chi connectivity index (χ3v) is 5.28. The van der Waals surface area contributed by atoms with E-state index in [-0.39, 0.29) is 5.41 Å². The van der Waals surface area contributed by atoms with E-state index in [0.717, 1.165) is 31.6 Å². The molecule has 1 fully saturated rings. The standard InChI is InChI=1S/C17H25F3N2O/c1-5-9-22-10-7-12-15(2,3)13(6-8-16(12,4)11-22)21-14(23)17(18,19)20/h5,7,13H,1,6,8-11H2,2-4H3,(H,21,23)/t13-,16+/m0/s1. The van der Waals surface area contributed by atoms with Gasteiger partial charge in [0, 0.05) is 36.5 Å². The van der Waals surface area contributed by atoms with Crippen LogP contribution in [0.25, 0.3) is 0 Å². The van der Waals surface area contributed by atoms with Gasteiger partial charge in [0.05, 0.1) is 0 Å². The van der Waals surface area contributed by atoms with Crippen LogP contribution in [0.3, 0.4) is 0 Å². The first-order valence-corrected chi connectivity index (χ1v) is 7.93. The highest BCUT2D eigenvalue weighted by Gasteiger charge is 2.51. The van der Waals surface area contributed by atoms with Gasteiger partial charge in [-0.2, -0.15) is 13.2 Å². The molecule has 1 saturated carbocycles. The van der Waals surface area contributed by atoms with Gasteiger partial charge >= 0.3 is 12.1 Å². The maximum Gasteiger partial charge on any atom is 0.471 e. The third kappa shape index (κ3) is 3.47. The number of amides is 1. The average Bonchev–Trinajstić information content (AvgIpc) is 2.41. The van der Waals surface area contributed by atoms with Crippen molar-refractivity contribution in [2.24, 2.45) is 10.8 Å². The number of carbonyl (C=O) groups excluding carboxylic acids is 1. The summed E-state index contributed by atoms with van der Waals surface area (Å²) in [4.78, 5) is 13.6. The van der Waals surface area contributed by atoms with E-state index in [1.807, 2.05) is 19.9 Å². The summed E-state index contributed by atoms with van der Waals surface area (Å²) in [6.07, 6.45) is 0.462. The fraction of sp³-hybridized carbons (Fsp3) is 0.706. The predicted molar refractivity (Wildman–Crippen MR) is 83.8 cm³/mol. The fourth-order valence-electron chi connectivity index (χ4n) is 4.19. The molecule has 0 radical (unpaired) electrons. The second-order valence-electron chi connectivity index (χ2n) is 7.45. The van der Waals surface area contributed by atoms with Gasteiger partial charge in [-0.1, -0.05) is 38.5 Å². The molecule has 1 amide bonds. The summed E-state index contributed by atoms with van der Waals surface area (Å²) in [5.41, 5.74) is 0.599. The summed E-state index contributed by atoms with van der Waals surface area (Å²) in [6.45, 7) is 12.2. The summed E-state index contributed by atoms with van der Waals surface area (Å²) < 4.78 is 37.7. The van der Waals surface area contributed by atoms with Crippen LogP contribution in [0.5, 0.6) is 0 Å². The van der Waals surface area contributed by atoms with Gasteiger partial charge in [-0.3, -0.25) is 9.69 Å². The molecule has 1 N–H and O–H groups in total. The van der Waals surface area contributed by atoms with Gasteiger partial charge in [0.1, 0.15) is 0 Å². The Kier molecular flexibility index (Phi) is 4.68. The van der Waals surface area contributed by atoms with Crippen molar-refractivity contribution in [1.82, 2.24) is 10.2 Å². The van der Waals surface area contributed by atoms with Gasteiger partial charge in [0.2, 0.25) is 0 Å². The number of rotatable bonds is 3. The topological polar surface area (TPSA) is 32.3 Å². The Hall–Kier alpha value is -1.30. The Balaban J connectivity index is 2.22. The molecule has 2 atom stereocenters. The molecule has 1 aliphatic heterocycles. The first-order valence-electron chi connectivity index (χ1n) is 7.93. The predicted octanol–water partition coefficient (Wildman–Crippen LogP) is 3.29. The van der Waals surface area contributed by atoms with E-state index in [4.69, 9.17) is 0 Å². The quantitative estimate of drug-likeness (QED) is 0.806. The molecule has 3 nitrogen and oxygen atoms in total. The van der Waals surface area contributed by atoms with E-state index >= 15 is 0 Å². The lowest BCUT2D eigenvalue weighted by molar-refractivity contribution is -0.175. The summed E-state index contributed by atoms with van der Waals surface area (Å²) in [6, 6.07) is -0.498. The molecule has 23 heavy (non-hydrogen) atoms. The van der Waals surface area contributed by atoms with Crippen molar-refractivity contribution in [3.63, 3.8) is 0 Å². The summed E-state index contributed by atoms with van der Waals surface area (Å²) in [5, 5.41) is 2.20. The van der Waals surface area contributed by atoms with Gasteiger partial charge in [-0.25, -0.2) is 0 Å². The number of hydrogen-bond donors (Lipinski definition) is 1. The second-order valence-corrected chi connectivity index (χ2v) is 7.45. The van der Waals surface area contributed by atoms with Crippen LogP contribution in [0.15, 0.2) is 24.3 Å². The number of nitrogens with zero attached hydrogens (tertiary/aromatic N) is 1. The fourth-order valence-corrected chi connectivity index (χ4v) is 4.19. The molecule has 0 spiro atoms. The molecule has 6 heteroatoms. The first-order chi connectivity index (χ1) is 10.5. The van der Waals surface area contributed by atoms with Crippen LogP contribution in [0.1, 0.15) is 33.6 Å². The normalized spacial score (nSPS) is 31.0. The van der Waals surface area contributed by atoms with Gasteiger partial charge < -0.3 is 5.32 Å². The first kappa shape index (κ1) is 18.0. The molecule has 2 rings (SSSR count). The van der Waals surface area contributed by atoms with Gasteiger partial charge in [-0.15, -0.1) is 6.58 Å². The lowest BCUT2D eigenvalue weighted by Gasteiger charge is -2.54. The minimum Gasteiger partial charge on any atom is -0.345 e. The molecule has 0 bridgehead atoms. The van der Waals surface area contributed by atoms with Crippen LogP contribution < -0.4 is 5.32 Å². The molecule has 0 aromatic heterocycles. The highest BCUT2D eigenvalue weighted by atomic mass is 19.4. The van der Waals surface area contributed by atoms with Crippen molar-refractivity contribution in [2.45, 2.75) is 45.8 Å². The Bertz CT molecular complexity index is 524. The van der Waals surface area contributed by atoms with E-state index in [2.05, 4.69) is 29.8 Å². The van der Waals surface area contributed by atoms with Crippen LogP contribution in [0, 0.1) is 10.8 Å². The maximum atomic E-state index is 12.6. The summed E-state index contributed by atoms with van der Waals surface area (Å²) in [5.74, 6) is -1.84. The molecule has 1 heterocycles. The monoisotopic (exact) mass is 330 g/mol. The van der Waals surface area contributed by atoms with Gasteiger partial charge in [0.15, 0.2) is 0 Å². The SMILES string of the molecule is C=CCN1CC=C2C(C)(C)[C@@H](NC(=O)C(F)(F)F)CC[C@]2(C)C1. The molecule has 0 aromatic carbocycles. The van der Waals surface area contributed by atoms with Crippen molar-refractivity contribution in [1.29, 1.82) is 0 Å². The van der Waals surface area contributed by atoms with E-state index in [0.29, 0.717) is 6.42 Å². The van der Waals surface area contributed by atoms with Crippen molar-refractivity contribution in [2.75, 3.05) is 19.6 Å². The molecular weight excluding hydrogens is 305 g/mol. The second kappa shape index (κ2) is 5.96. The number of halogens is 3. The number of carbonyl (C=O) groups is 1. The smallest absolute Gasteiger partial charge is 0.345 e. The van der Waals surface area contributed by atoms with Crippen LogP contribution in [0.4, 0.5) is 13.2 Å². The Morgan fingerprint density at radius 3 is 2.70 bits per heavy atom. The highest BCUT2D eigenvalue weighted by Crippen LogP contribution is 2.52. The van der Waals surface area contributed by atoms with Crippen LogP contribution in [-0.2, 0) is 4.79 Å². The molecule has 2 aliphatic rings. The largest absolute Gasteiger partial charge is 0.471 e. The number of nitrogens with one attached hydrogen (secondary N) is 1. The zero-order valence-electron chi connectivity index (χ0n) is 14.0. The lowest BCUT2D eigenvalue weighted by Crippen LogP contribution is -2.57. The average molecular weight is 330 g/mol. The van der Waals surface area contributed by atoms with Crippen molar-refractivity contribution in [3.8, 4) is 0 Å². The zero-order valence-corrected chi connectivity index (χ0v) is 14.0. The van der Waals surface area contributed by atoms with E-state index < -0.39 is 23.5 Å². The number of hydrogen-bond acceptors (Lipinski definition) is 2. The molecule has 0 aromatic rings. The molecule has 130 valence electrons. The van der Waals surface area contributed by atoms with E-state index in [1.165, 1.54) is 0 Å². The van der Waals surface area contributed by atoms with Crippen molar-refractivity contribution >= 4 is 5.91 Å². The Morgan fingerprint density at radius 1 is 1.48 bits per heavy atom. The zero-order chi connectivity index (χ0) is 17.5. The van der Waals surface area contributed by atoms with Gasteiger partial charge in [-0.05, 0) is 12.8 Å². The van der Waals surface area contributed by atoms with Crippen molar-refractivity contribution in [3.05, 3.63) is 24.3 Å².